The molecular weight excluding hydrogens is 920 g/mol. The second-order valence-electron chi connectivity index (χ2n) is 14.9. The molecule has 44 heavy (non-hydrogen) atoms. The van der Waals surface area contributed by atoms with Gasteiger partial charge in [0.2, 0.25) is 0 Å². The molecule has 0 spiro atoms. The molecule has 0 saturated heterocycles. The Balaban J connectivity index is 0. The molecule has 2 radical (unpaired) electrons. The molecule has 2 heterocycles. The van der Waals surface area contributed by atoms with E-state index in [2.05, 4.69) is 115 Å². The van der Waals surface area contributed by atoms with Gasteiger partial charge in [-0.3, -0.25) is 37.1 Å². The predicted octanol–water partition coefficient (Wildman–Crippen LogP) is 10.0. The first-order valence-corrected chi connectivity index (χ1v) is 14.1. The van der Waals surface area contributed by atoms with Crippen molar-refractivity contribution in [2.24, 2.45) is 10.8 Å². The zero-order chi connectivity index (χ0) is 30.3. The number of aromatic nitrogens is 4. The molecule has 1 aliphatic rings. The molecule has 0 saturated carbocycles. The third-order valence-electron chi connectivity index (χ3n) is 6.85. The zero-order valence-corrected chi connectivity index (χ0v) is 39.0. The Hall–Kier alpha value is 0.528. The quantitative estimate of drug-likeness (QED) is 0.190. The van der Waals surface area contributed by atoms with Gasteiger partial charge in [0.05, 0.1) is 0 Å². The van der Waals surface area contributed by atoms with Gasteiger partial charge in [-0.15, -0.1) is 59.9 Å². The second-order valence-corrected chi connectivity index (χ2v) is 14.9. The van der Waals surface area contributed by atoms with E-state index in [-0.39, 0.29) is 135 Å². The summed E-state index contributed by atoms with van der Waals surface area (Å²) in [4.78, 5) is 18.2. The predicted molar refractivity (Wildman–Crippen MR) is 197 cm³/mol. The summed E-state index contributed by atoms with van der Waals surface area (Å²) in [6.07, 6.45) is 9.09. The third-order valence-corrected chi connectivity index (χ3v) is 6.85. The average Bonchev–Trinajstić information content (AvgIpc) is 2.84. The Morgan fingerprint density at radius 1 is 0.682 bits per heavy atom. The van der Waals surface area contributed by atoms with Gasteiger partial charge in [-0.2, -0.15) is 6.07 Å². The van der Waals surface area contributed by atoms with Crippen molar-refractivity contribution in [3.8, 4) is 0 Å². The number of rotatable bonds is 2. The van der Waals surface area contributed by atoms with Crippen molar-refractivity contribution in [1.82, 2.24) is 19.9 Å². The van der Waals surface area contributed by atoms with Crippen LogP contribution >= 0.6 is 48.0 Å². The smallest absolute Gasteiger partial charge is 0.131 e. The van der Waals surface area contributed by atoms with Crippen LogP contribution in [0.4, 0.5) is 0 Å². The van der Waals surface area contributed by atoms with Gasteiger partial charge < -0.3 is 24.3 Å². The first-order chi connectivity index (χ1) is 18.2. The van der Waals surface area contributed by atoms with Crippen molar-refractivity contribution in [1.29, 1.82) is 0 Å². The molecular formula is C36H48I2N4Y2-4. The summed E-state index contributed by atoms with van der Waals surface area (Å²) in [6.45, 7) is 37.9. The Bertz CT molecular complexity index is 1470. The fraction of sp³-hybridized carbons (Fsp3) is 0.500. The zero-order valence-electron chi connectivity index (χ0n) is 28.6. The van der Waals surface area contributed by atoms with Crippen LogP contribution in [0, 0.1) is 36.1 Å². The van der Waals surface area contributed by atoms with Gasteiger partial charge in [0, 0.05) is 76.2 Å². The number of hydrogen-bond donors (Lipinski definition) is 0. The maximum absolute atomic E-state index is 6.28. The molecule has 0 N–H and O–H groups in total. The fourth-order valence-corrected chi connectivity index (χ4v) is 4.06. The molecule has 1 aliphatic carbocycles. The molecule has 0 unspecified atom stereocenters. The first kappa shape index (κ1) is 46.6. The molecule has 3 aromatic rings. The van der Waals surface area contributed by atoms with E-state index in [1.807, 2.05) is 24.5 Å². The van der Waals surface area contributed by atoms with Gasteiger partial charge in [0.15, 0.2) is 0 Å². The van der Waals surface area contributed by atoms with Gasteiger partial charge in [0.25, 0.3) is 0 Å². The van der Waals surface area contributed by atoms with Gasteiger partial charge in [-0.25, -0.2) is 12.1 Å². The van der Waals surface area contributed by atoms with Crippen molar-refractivity contribution < 1.29 is 65.4 Å². The van der Waals surface area contributed by atoms with E-state index in [4.69, 9.17) is 13.2 Å². The number of hydrogen-bond acceptors (Lipinski definition) is 4. The number of allylic oxidation sites excluding steroid dienone is 3. The Morgan fingerprint density at radius 3 is 1.68 bits per heavy atom. The molecule has 0 fully saturated rings. The van der Waals surface area contributed by atoms with Crippen LogP contribution in [0.2, 0.25) is 0 Å². The van der Waals surface area contributed by atoms with Crippen molar-refractivity contribution in [2.45, 2.75) is 107 Å². The monoisotopic (exact) mass is 968 g/mol. The molecule has 0 aliphatic heterocycles. The average molecular weight is 968 g/mol. The number of aryl methyl sites for hydroxylation is 1. The molecule has 2 aromatic heterocycles. The summed E-state index contributed by atoms with van der Waals surface area (Å²) in [6, 6.07) is 7.33. The van der Waals surface area contributed by atoms with E-state index >= 15 is 0 Å². The van der Waals surface area contributed by atoms with Gasteiger partial charge in [-0.05, 0) is 17.9 Å². The molecule has 0 atom stereocenters. The van der Waals surface area contributed by atoms with Gasteiger partial charge in [-0.1, -0.05) is 111 Å². The molecule has 4 nitrogen and oxygen atoms in total. The van der Waals surface area contributed by atoms with Gasteiger partial charge >= 0.3 is 0 Å². The topological polar surface area (TPSA) is 51.6 Å². The largest absolute Gasteiger partial charge is 0.357 e. The van der Waals surface area contributed by atoms with Crippen molar-refractivity contribution in [3.05, 3.63) is 89.4 Å². The minimum atomic E-state index is -0.0793. The number of benzene rings is 1. The molecule has 0 amide bonds. The van der Waals surface area contributed by atoms with Crippen LogP contribution in [-0.2, 0) is 82.7 Å². The third kappa shape index (κ3) is 12.5. The van der Waals surface area contributed by atoms with Crippen molar-refractivity contribution in [3.63, 3.8) is 0 Å². The number of nitrogens with zero attached hydrogens (tertiary/aromatic N) is 4. The summed E-state index contributed by atoms with van der Waals surface area (Å²) in [5.41, 5.74) is 6.45. The van der Waals surface area contributed by atoms with E-state index in [0.29, 0.717) is 0 Å². The van der Waals surface area contributed by atoms with Crippen LogP contribution in [0.1, 0.15) is 118 Å². The maximum atomic E-state index is 6.28. The van der Waals surface area contributed by atoms with Crippen LogP contribution in [0.3, 0.4) is 0 Å². The molecule has 0 bridgehead atoms. The summed E-state index contributed by atoms with van der Waals surface area (Å²) in [5.74, 6) is 1.69. The van der Waals surface area contributed by atoms with Crippen LogP contribution < -0.4 is 0 Å². The Kier molecular flexibility index (Phi) is 18.9. The number of fused-ring (bicyclic) bond motifs is 2. The SMILES string of the molecule is I.I.[CH-]=C(C1=[C-]c2nc(C(C)(C)C)ncc2CC1)C(C)(C)C.[CH-]=C(c1[c-]c2nc(C(C)(C)C)ncc2cc1)C(C)(C)C.[Y].[Y]. The van der Waals surface area contributed by atoms with E-state index in [1.165, 1.54) is 5.56 Å². The fourth-order valence-electron chi connectivity index (χ4n) is 4.06. The summed E-state index contributed by atoms with van der Waals surface area (Å²) in [7, 11) is 0. The minimum absolute atomic E-state index is 0. The Morgan fingerprint density at radius 2 is 1.18 bits per heavy atom. The van der Waals surface area contributed by atoms with E-state index in [0.717, 1.165) is 63.4 Å². The molecule has 1 aromatic carbocycles. The molecule has 8 heteroatoms. The second kappa shape index (κ2) is 17.8. The number of halogens is 2. The van der Waals surface area contributed by atoms with Crippen molar-refractivity contribution >= 4 is 64.4 Å². The molecule has 236 valence electrons. The van der Waals surface area contributed by atoms with E-state index in [1.54, 1.807) is 0 Å². The standard InChI is InChI=1S/C18H24N2.C18H22N2.2HI.2Y/c2*1-12(17(2,3)4)13-8-9-14-11-19-16(18(5,6)7)20-15(14)10-13;;;;/h1,11H,8-9H2,2-7H3;1,8-9,11H,2-7H3;2*1H;;/q2*-2;;;;. The van der Waals surface area contributed by atoms with Gasteiger partial charge in [0.1, 0.15) is 11.6 Å². The Labute approximate surface area is 352 Å². The normalized spacial score (nSPS) is 12.9. The minimum Gasteiger partial charge on any atom is -0.357 e. The first-order valence-electron chi connectivity index (χ1n) is 14.1. The van der Waals surface area contributed by atoms with E-state index in [9.17, 15) is 0 Å². The van der Waals surface area contributed by atoms with Crippen LogP contribution in [0.25, 0.3) is 16.5 Å². The summed E-state index contributed by atoms with van der Waals surface area (Å²) >= 11 is 0. The maximum Gasteiger partial charge on any atom is 0.131 e. The molecule has 4 rings (SSSR count). The van der Waals surface area contributed by atoms with Crippen molar-refractivity contribution in [2.75, 3.05) is 0 Å². The summed E-state index contributed by atoms with van der Waals surface area (Å²) < 4.78 is 0. The van der Waals surface area contributed by atoms with Crippen LogP contribution in [0.15, 0.2) is 35.7 Å². The van der Waals surface area contributed by atoms with E-state index < -0.39 is 0 Å². The summed E-state index contributed by atoms with van der Waals surface area (Å²) in [5, 5.41) is 0.989. The van der Waals surface area contributed by atoms with Crippen LogP contribution in [-0.4, -0.2) is 19.9 Å². The van der Waals surface area contributed by atoms with Crippen LogP contribution in [0.5, 0.6) is 0 Å².